The standard InChI is InChI=1S/C27H40N2O4S/c1-19-2-4-21(5-3-19)18-34(32,33)29-8-6-20(7-9-29)17-28-26(31)25(30)16-27-13-22-10-23(14-27)12-24(11-22)15-27/h2-5,20,22-25,30H,6-18H2,1H3,(H,28,31). The molecule has 1 heterocycles. The van der Waals surface area contributed by atoms with Crippen LogP contribution in [0.2, 0.25) is 0 Å². The third-order valence-corrected chi connectivity index (χ3v) is 10.9. The second kappa shape index (κ2) is 9.55. The summed E-state index contributed by atoms with van der Waals surface area (Å²) in [5.74, 6) is 2.48. The van der Waals surface area contributed by atoms with Crippen LogP contribution in [0.5, 0.6) is 0 Å². The van der Waals surface area contributed by atoms with Gasteiger partial charge in [0, 0.05) is 19.6 Å². The molecule has 0 spiro atoms. The third kappa shape index (κ3) is 5.36. The van der Waals surface area contributed by atoms with E-state index in [0.717, 1.165) is 41.7 Å². The number of aliphatic hydroxyl groups is 1. The molecule has 1 aromatic carbocycles. The monoisotopic (exact) mass is 488 g/mol. The lowest BCUT2D eigenvalue weighted by molar-refractivity contribution is -0.135. The lowest BCUT2D eigenvalue weighted by Crippen LogP contribution is -2.49. The second-order valence-corrected chi connectivity index (χ2v) is 13.9. The van der Waals surface area contributed by atoms with Crippen molar-refractivity contribution in [1.29, 1.82) is 0 Å². The molecule has 5 aliphatic rings. The van der Waals surface area contributed by atoms with Crippen molar-refractivity contribution in [2.75, 3.05) is 19.6 Å². The zero-order valence-electron chi connectivity index (χ0n) is 20.4. The quantitative estimate of drug-likeness (QED) is 0.585. The number of piperidine rings is 1. The fourth-order valence-electron chi connectivity index (χ4n) is 7.78. The average molecular weight is 489 g/mol. The van der Waals surface area contributed by atoms with Crippen molar-refractivity contribution in [2.24, 2.45) is 29.1 Å². The first kappa shape index (κ1) is 24.3. The molecule has 6 rings (SSSR count). The van der Waals surface area contributed by atoms with Crippen molar-refractivity contribution >= 4 is 15.9 Å². The first-order chi connectivity index (χ1) is 16.2. The minimum atomic E-state index is -3.34. The molecule has 0 radical (unpaired) electrons. The van der Waals surface area contributed by atoms with Crippen LogP contribution in [0.3, 0.4) is 0 Å². The number of rotatable bonds is 8. The van der Waals surface area contributed by atoms with Crippen LogP contribution in [0.25, 0.3) is 0 Å². The van der Waals surface area contributed by atoms with Crippen LogP contribution >= 0.6 is 0 Å². The number of hydrogen-bond acceptors (Lipinski definition) is 4. The van der Waals surface area contributed by atoms with Crippen LogP contribution in [0.15, 0.2) is 24.3 Å². The van der Waals surface area contributed by atoms with E-state index in [0.29, 0.717) is 26.1 Å². The predicted molar refractivity (Wildman–Crippen MR) is 132 cm³/mol. The van der Waals surface area contributed by atoms with Gasteiger partial charge in [-0.1, -0.05) is 29.8 Å². The Labute approximate surface area is 204 Å². The maximum absolute atomic E-state index is 12.8. The van der Waals surface area contributed by atoms with Gasteiger partial charge in [0.2, 0.25) is 15.9 Å². The van der Waals surface area contributed by atoms with Gasteiger partial charge in [-0.3, -0.25) is 4.79 Å². The summed E-state index contributed by atoms with van der Waals surface area (Å²) in [6, 6.07) is 7.64. The topological polar surface area (TPSA) is 86.7 Å². The van der Waals surface area contributed by atoms with Gasteiger partial charge in [-0.2, -0.15) is 0 Å². The number of sulfonamides is 1. The van der Waals surface area contributed by atoms with E-state index >= 15 is 0 Å². The number of benzene rings is 1. The Bertz CT molecular complexity index is 947. The number of aliphatic hydroxyl groups excluding tert-OH is 1. The molecule has 188 valence electrons. The van der Waals surface area contributed by atoms with Crippen LogP contribution in [0.1, 0.15) is 68.9 Å². The van der Waals surface area contributed by atoms with Gasteiger partial charge in [0.15, 0.2) is 0 Å². The normalized spacial score (nSPS) is 32.6. The first-order valence-corrected chi connectivity index (χ1v) is 14.8. The second-order valence-electron chi connectivity index (χ2n) is 12.0. The summed E-state index contributed by atoms with van der Waals surface area (Å²) in [6.45, 7) is 3.49. The Balaban J connectivity index is 1.06. The Hall–Kier alpha value is -1.44. The van der Waals surface area contributed by atoms with E-state index in [1.165, 1.54) is 38.5 Å². The van der Waals surface area contributed by atoms with E-state index in [1.807, 2.05) is 31.2 Å². The van der Waals surface area contributed by atoms with Crippen molar-refractivity contribution in [3.05, 3.63) is 35.4 Å². The Morgan fingerprint density at radius 1 is 1.06 bits per heavy atom. The highest BCUT2D eigenvalue weighted by Crippen LogP contribution is 2.61. The van der Waals surface area contributed by atoms with Gasteiger partial charge in [0.1, 0.15) is 6.10 Å². The molecule has 1 aliphatic heterocycles. The van der Waals surface area contributed by atoms with Gasteiger partial charge in [0.25, 0.3) is 0 Å². The number of aryl methyl sites for hydroxylation is 1. The molecule has 5 fully saturated rings. The number of carbonyl (C=O) groups is 1. The van der Waals surface area contributed by atoms with E-state index in [9.17, 15) is 18.3 Å². The number of carbonyl (C=O) groups excluding carboxylic acids is 1. The van der Waals surface area contributed by atoms with Crippen LogP contribution in [-0.2, 0) is 20.6 Å². The fourth-order valence-corrected chi connectivity index (χ4v) is 9.35. The summed E-state index contributed by atoms with van der Waals surface area (Å²) < 4.78 is 27.2. The molecule has 1 aromatic rings. The highest BCUT2D eigenvalue weighted by molar-refractivity contribution is 7.88. The zero-order valence-corrected chi connectivity index (χ0v) is 21.2. The summed E-state index contributed by atoms with van der Waals surface area (Å²) in [5, 5.41) is 13.7. The van der Waals surface area contributed by atoms with Gasteiger partial charge in [0.05, 0.1) is 5.75 Å². The van der Waals surface area contributed by atoms with E-state index in [-0.39, 0.29) is 23.0 Å². The molecule has 1 saturated heterocycles. The largest absolute Gasteiger partial charge is 0.383 e. The van der Waals surface area contributed by atoms with Crippen LogP contribution in [0, 0.1) is 36.0 Å². The average Bonchev–Trinajstić information content (AvgIpc) is 2.78. The van der Waals surface area contributed by atoms with Crippen molar-refractivity contribution < 1.29 is 18.3 Å². The number of amides is 1. The summed E-state index contributed by atoms with van der Waals surface area (Å²) in [5.41, 5.74) is 2.11. The third-order valence-electron chi connectivity index (χ3n) is 9.10. The molecule has 2 N–H and O–H groups in total. The molecule has 0 aromatic heterocycles. The minimum absolute atomic E-state index is 0.0329. The van der Waals surface area contributed by atoms with Crippen LogP contribution < -0.4 is 5.32 Å². The molecule has 7 heteroatoms. The van der Waals surface area contributed by atoms with E-state index < -0.39 is 16.1 Å². The molecule has 4 saturated carbocycles. The number of nitrogens with one attached hydrogen (secondary N) is 1. The molecule has 6 nitrogen and oxygen atoms in total. The van der Waals surface area contributed by atoms with Crippen LogP contribution in [-0.4, -0.2) is 49.5 Å². The Morgan fingerprint density at radius 2 is 1.62 bits per heavy atom. The molecule has 34 heavy (non-hydrogen) atoms. The van der Waals surface area contributed by atoms with Crippen molar-refractivity contribution in [1.82, 2.24) is 9.62 Å². The van der Waals surface area contributed by atoms with E-state index in [2.05, 4.69) is 5.32 Å². The smallest absolute Gasteiger partial charge is 0.248 e. The molecule has 1 atom stereocenters. The van der Waals surface area contributed by atoms with Gasteiger partial charge < -0.3 is 10.4 Å². The zero-order chi connectivity index (χ0) is 23.9. The molecule has 4 aliphatic carbocycles. The lowest BCUT2D eigenvalue weighted by atomic mass is 9.48. The van der Waals surface area contributed by atoms with E-state index in [4.69, 9.17) is 0 Å². The van der Waals surface area contributed by atoms with Gasteiger partial charge in [-0.05, 0) is 99.4 Å². The van der Waals surface area contributed by atoms with Gasteiger partial charge in [-0.15, -0.1) is 0 Å². The predicted octanol–water partition coefficient (Wildman–Crippen LogP) is 3.62. The van der Waals surface area contributed by atoms with Crippen molar-refractivity contribution in [3.8, 4) is 0 Å². The molecule has 4 bridgehead atoms. The first-order valence-electron chi connectivity index (χ1n) is 13.2. The summed E-state index contributed by atoms with van der Waals surface area (Å²) in [4.78, 5) is 12.7. The summed E-state index contributed by atoms with van der Waals surface area (Å²) in [6.07, 6.45) is 8.82. The van der Waals surface area contributed by atoms with Gasteiger partial charge in [-0.25, -0.2) is 12.7 Å². The summed E-state index contributed by atoms with van der Waals surface area (Å²) in [7, 11) is -3.34. The van der Waals surface area contributed by atoms with E-state index in [1.54, 1.807) is 4.31 Å². The highest BCUT2D eigenvalue weighted by Gasteiger charge is 2.51. The fraction of sp³-hybridized carbons (Fsp3) is 0.741. The van der Waals surface area contributed by atoms with Gasteiger partial charge >= 0.3 is 0 Å². The molecule has 1 amide bonds. The maximum Gasteiger partial charge on any atom is 0.248 e. The maximum atomic E-state index is 12.8. The lowest BCUT2D eigenvalue weighted by Gasteiger charge is -2.57. The minimum Gasteiger partial charge on any atom is -0.383 e. The molecular formula is C27H40N2O4S. The van der Waals surface area contributed by atoms with Crippen LogP contribution in [0.4, 0.5) is 0 Å². The van der Waals surface area contributed by atoms with Crippen molar-refractivity contribution in [3.63, 3.8) is 0 Å². The number of nitrogens with zero attached hydrogens (tertiary/aromatic N) is 1. The SMILES string of the molecule is Cc1ccc(CS(=O)(=O)N2CCC(CNC(=O)C(O)CC34CC5CC(CC(C5)C3)C4)CC2)cc1. The Kier molecular flexibility index (Phi) is 6.81. The Morgan fingerprint density at radius 3 is 2.18 bits per heavy atom. The number of hydrogen-bond donors (Lipinski definition) is 2. The van der Waals surface area contributed by atoms with Crippen molar-refractivity contribution in [2.45, 2.75) is 76.6 Å². The highest BCUT2D eigenvalue weighted by atomic mass is 32.2. The molecular weight excluding hydrogens is 448 g/mol. The molecule has 1 unspecified atom stereocenters. The summed E-state index contributed by atoms with van der Waals surface area (Å²) >= 11 is 0.